The third-order valence-electron chi connectivity index (χ3n) is 2.84. The minimum atomic E-state index is 0.844. The lowest BCUT2D eigenvalue weighted by Crippen LogP contribution is -2.11. The molecule has 0 aromatic heterocycles. The van der Waals surface area contributed by atoms with Gasteiger partial charge < -0.3 is 10.1 Å². The molecule has 0 aliphatic carbocycles. The van der Waals surface area contributed by atoms with Crippen LogP contribution in [0.5, 0.6) is 11.5 Å². The Morgan fingerprint density at radius 1 is 1.16 bits per heavy atom. The van der Waals surface area contributed by atoms with E-state index in [0.717, 1.165) is 34.6 Å². The van der Waals surface area contributed by atoms with Crippen LogP contribution in [0.4, 0.5) is 0 Å². The quantitative estimate of drug-likeness (QED) is 0.865. The van der Waals surface area contributed by atoms with Crippen molar-refractivity contribution in [2.45, 2.75) is 20.4 Å². The second-order valence-electron chi connectivity index (χ2n) is 4.44. The van der Waals surface area contributed by atoms with E-state index in [2.05, 4.69) is 47.2 Å². The summed E-state index contributed by atoms with van der Waals surface area (Å²) in [5.74, 6) is 1.75. The minimum Gasteiger partial charge on any atom is -0.457 e. The lowest BCUT2D eigenvalue weighted by molar-refractivity contribution is 0.478. The van der Waals surface area contributed by atoms with Crippen LogP contribution in [0.2, 0.25) is 0 Å². The van der Waals surface area contributed by atoms with Gasteiger partial charge in [-0.3, -0.25) is 0 Å². The van der Waals surface area contributed by atoms with Crippen molar-refractivity contribution in [1.29, 1.82) is 0 Å². The number of rotatable bonds is 5. The minimum absolute atomic E-state index is 0.844. The summed E-state index contributed by atoms with van der Waals surface area (Å²) in [6.07, 6.45) is 0. The molecular weight excluding hydrogens is 302 g/mol. The van der Waals surface area contributed by atoms with Gasteiger partial charge in [0.1, 0.15) is 11.5 Å². The van der Waals surface area contributed by atoms with Gasteiger partial charge in [-0.1, -0.05) is 41.1 Å². The van der Waals surface area contributed by atoms with E-state index >= 15 is 0 Å². The average molecular weight is 320 g/mol. The number of hydrogen-bond donors (Lipinski definition) is 1. The highest BCUT2D eigenvalue weighted by atomic mass is 79.9. The van der Waals surface area contributed by atoms with Gasteiger partial charge in [0.15, 0.2) is 0 Å². The van der Waals surface area contributed by atoms with Crippen LogP contribution in [0.25, 0.3) is 0 Å². The van der Waals surface area contributed by atoms with Crippen molar-refractivity contribution in [2.24, 2.45) is 0 Å². The number of hydrogen-bond acceptors (Lipinski definition) is 2. The summed E-state index contributed by atoms with van der Waals surface area (Å²) in [5.41, 5.74) is 2.43. The summed E-state index contributed by atoms with van der Waals surface area (Å²) in [4.78, 5) is 0. The predicted octanol–water partition coefficient (Wildman–Crippen LogP) is 4.66. The normalized spacial score (nSPS) is 10.5. The van der Waals surface area contributed by atoms with Crippen molar-refractivity contribution in [2.75, 3.05) is 6.54 Å². The number of aryl methyl sites for hydroxylation is 1. The van der Waals surface area contributed by atoms with E-state index in [1.807, 2.05) is 30.3 Å². The molecule has 2 aromatic rings. The summed E-state index contributed by atoms with van der Waals surface area (Å²) in [6, 6.07) is 14.2. The molecule has 19 heavy (non-hydrogen) atoms. The maximum absolute atomic E-state index is 5.90. The van der Waals surface area contributed by atoms with Crippen LogP contribution in [-0.4, -0.2) is 6.54 Å². The molecule has 0 spiro atoms. The molecule has 3 heteroatoms. The number of ether oxygens (including phenoxy) is 1. The van der Waals surface area contributed by atoms with Gasteiger partial charge in [0.2, 0.25) is 0 Å². The molecule has 0 bridgehead atoms. The second kappa shape index (κ2) is 6.73. The molecule has 1 N–H and O–H groups in total. The predicted molar refractivity (Wildman–Crippen MR) is 82.8 cm³/mol. The van der Waals surface area contributed by atoms with Gasteiger partial charge in [-0.05, 0) is 48.9 Å². The van der Waals surface area contributed by atoms with Crippen LogP contribution in [0.1, 0.15) is 18.1 Å². The molecule has 0 heterocycles. The smallest absolute Gasteiger partial charge is 0.130 e. The van der Waals surface area contributed by atoms with Crippen molar-refractivity contribution >= 4 is 15.9 Å². The number of halogens is 1. The van der Waals surface area contributed by atoms with E-state index in [1.54, 1.807) is 0 Å². The van der Waals surface area contributed by atoms with Crippen molar-refractivity contribution < 1.29 is 4.74 Å². The van der Waals surface area contributed by atoms with Gasteiger partial charge in [0.05, 0.1) is 0 Å². The molecule has 2 rings (SSSR count). The Bertz CT molecular complexity index is 554. The molecule has 100 valence electrons. The summed E-state index contributed by atoms with van der Waals surface area (Å²) < 4.78 is 6.92. The summed E-state index contributed by atoms with van der Waals surface area (Å²) in [6.45, 7) is 6.06. The standard InChI is InChI=1S/C16H18BrNO/c1-3-18-11-13-7-8-16(12(2)9-13)19-15-6-4-5-14(17)10-15/h4-10,18H,3,11H2,1-2H3. The lowest BCUT2D eigenvalue weighted by atomic mass is 10.1. The Hall–Kier alpha value is -1.32. The molecule has 0 aliphatic heterocycles. The van der Waals surface area contributed by atoms with Crippen molar-refractivity contribution in [1.82, 2.24) is 5.32 Å². The van der Waals surface area contributed by atoms with E-state index in [0.29, 0.717) is 0 Å². The van der Waals surface area contributed by atoms with Crippen LogP contribution in [-0.2, 0) is 6.54 Å². The van der Waals surface area contributed by atoms with Crippen LogP contribution >= 0.6 is 15.9 Å². The highest BCUT2D eigenvalue weighted by Crippen LogP contribution is 2.27. The summed E-state index contributed by atoms with van der Waals surface area (Å²) >= 11 is 3.45. The molecule has 0 aliphatic rings. The van der Waals surface area contributed by atoms with Gasteiger partial charge >= 0.3 is 0 Å². The Morgan fingerprint density at radius 3 is 2.68 bits per heavy atom. The first kappa shape index (κ1) is 14.1. The third kappa shape index (κ3) is 4.08. The fourth-order valence-electron chi connectivity index (χ4n) is 1.86. The first-order chi connectivity index (χ1) is 9.19. The summed E-state index contributed by atoms with van der Waals surface area (Å²) in [5, 5.41) is 3.32. The Kier molecular flexibility index (Phi) is 5.00. The maximum Gasteiger partial charge on any atom is 0.130 e. The average Bonchev–Trinajstić information content (AvgIpc) is 2.39. The topological polar surface area (TPSA) is 21.3 Å². The zero-order valence-electron chi connectivity index (χ0n) is 11.2. The first-order valence-electron chi connectivity index (χ1n) is 6.42. The zero-order valence-corrected chi connectivity index (χ0v) is 12.8. The van der Waals surface area contributed by atoms with Gasteiger partial charge in [0.25, 0.3) is 0 Å². The van der Waals surface area contributed by atoms with Crippen molar-refractivity contribution in [3.8, 4) is 11.5 Å². The fourth-order valence-corrected chi connectivity index (χ4v) is 2.24. The second-order valence-corrected chi connectivity index (χ2v) is 5.36. The van der Waals surface area contributed by atoms with Crippen LogP contribution < -0.4 is 10.1 Å². The highest BCUT2D eigenvalue weighted by molar-refractivity contribution is 9.10. The lowest BCUT2D eigenvalue weighted by Gasteiger charge is -2.11. The first-order valence-corrected chi connectivity index (χ1v) is 7.22. The fraction of sp³-hybridized carbons (Fsp3) is 0.250. The molecule has 0 amide bonds. The molecule has 0 radical (unpaired) electrons. The van der Waals surface area contributed by atoms with Gasteiger partial charge in [-0.2, -0.15) is 0 Å². The van der Waals surface area contributed by atoms with E-state index < -0.39 is 0 Å². The van der Waals surface area contributed by atoms with Gasteiger partial charge in [-0.25, -0.2) is 0 Å². The number of benzene rings is 2. The van der Waals surface area contributed by atoms with Crippen LogP contribution in [0.3, 0.4) is 0 Å². The Balaban J connectivity index is 2.13. The summed E-state index contributed by atoms with van der Waals surface area (Å²) in [7, 11) is 0. The third-order valence-corrected chi connectivity index (χ3v) is 3.34. The molecule has 2 aromatic carbocycles. The van der Waals surface area contributed by atoms with Crippen molar-refractivity contribution in [3.63, 3.8) is 0 Å². The molecular formula is C16H18BrNO. The SMILES string of the molecule is CCNCc1ccc(Oc2cccc(Br)c2)c(C)c1. The van der Waals surface area contributed by atoms with Gasteiger partial charge in [-0.15, -0.1) is 0 Å². The van der Waals surface area contributed by atoms with E-state index in [9.17, 15) is 0 Å². The highest BCUT2D eigenvalue weighted by Gasteiger charge is 2.03. The largest absolute Gasteiger partial charge is 0.457 e. The molecule has 2 nitrogen and oxygen atoms in total. The van der Waals surface area contributed by atoms with E-state index in [4.69, 9.17) is 4.74 Å². The van der Waals surface area contributed by atoms with Gasteiger partial charge in [0, 0.05) is 11.0 Å². The van der Waals surface area contributed by atoms with E-state index in [-0.39, 0.29) is 0 Å². The van der Waals surface area contributed by atoms with Crippen LogP contribution in [0.15, 0.2) is 46.9 Å². The monoisotopic (exact) mass is 319 g/mol. The molecule has 0 unspecified atom stereocenters. The number of nitrogens with one attached hydrogen (secondary N) is 1. The Morgan fingerprint density at radius 2 is 2.00 bits per heavy atom. The van der Waals surface area contributed by atoms with Crippen molar-refractivity contribution in [3.05, 3.63) is 58.1 Å². The maximum atomic E-state index is 5.90. The van der Waals surface area contributed by atoms with Crippen LogP contribution in [0, 0.1) is 6.92 Å². The molecule has 0 fully saturated rings. The Labute approximate surface area is 122 Å². The molecule has 0 saturated carbocycles. The zero-order chi connectivity index (χ0) is 13.7. The molecule has 0 saturated heterocycles. The van der Waals surface area contributed by atoms with E-state index in [1.165, 1.54) is 5.56 Å². The molecule has 0 atom stereocenters.